The molecule has 0 heterocycles. The van der Waals surface area contributed by atoms with E-state index in [-0.39, 0.29) is 16.2 Å². The predicted octanol–water partition coefficient (Wildman–Crippen LogP) is 12.7. The van der Waals surface area contributed by atoms with Gasteiger partial charge in [0.1, 0.15) is 0 Å². The first-order valence-corrected chi connectivity index (χ1v) is 17.0. The molecule has 47 heavy (non-hydrogen) atoms. The minimum atomic E-state index is -0.226. The van der Waals surface area contributed by atoms with E-state index in [4.69, 9.17) is 0 Å². The van der Waals surface area contributed by atoms with Gasteiger partial charge in [0.15, 0.2) is 0 Å². The highest BCUT2D eigenvalue weighted by Gasteiger charge is 2.50. The van der Waals surface area contributed by atoms with Crippen molar-refractivity contribution in [3.05, 3.63) is 161 Å². The fourth-order valence-corrected chi connectivity index (χ4v) is 8.72. The Morgan fingerprint density at radius 1 is 0.468 bits per heavy atom. The van der Waals surface area contributed by atoms with Gasteiger partial charge in [-0.2, -0.15) is 0 Å². The van der Waals surface area contributed by atoms with E-state index in [1.54, 1.807) is 0 Å². The van der Waals surface area contributed by atoms with Crippen molar-refractivity contribution >= 4 is 17.1 Å². The van der Waals surface area contributed by atoms with Gasteiger partial charge in [-0.15, -0.1) is 0 Å². The van der Waals surface area contributed by atoms with Gasteiger partial charge >= 0.3 is 0 Å². The van der Waals surface area contributed by atoms with E-state index in [0.717, 1.165) is 0 Å². The van der Waals surface area contributed by atoms with Crippen LogP contribution in [0.25, 0.3) is 33.4 Å². The van der Waals surface area contributed by atoms with Crippen LogP contribution in [0.5, 0.6) is 0 Å². The van der Waals surface area contributed by atoms with Gasteiger partial charge in [0.25, 0.3) is 0 Å². The van der Waals surface area contributed by atoms with Gasteiger partial charge in [-0.05, 0) is 79.2 Å². The van der Waals surface area contributed by atoms with Crippen LogP contribution in [0.3, 0.4) is 0 Å². The molecule has 2 aliphatic rings. The molecule has 0 saturated heterocycles. The monoisotopic (exact) mass is 609 g/mol. The molecule has 0 saturated carbocycles. The third kappa shape index (κ3) is 4.22. The number of benzene rings is 6. The molecular formula is C46H43N. The predicted molar refractivity (Wildman–Crippen MR) is 200 cm³/mol. The van der Waals surface area contributed by atoms with Gasteiger partial charge in [-0.3, -0.25) is 0 Å². The minimum absolute atomic E-state index is 0.0900. The molecule has 0 unspecified atom stereocenters. The summed E-state index contributed by atoms with van der Waals surface area (Å²) in [7, 11) is 0. The van der Waals surface area contributed by atoms with Crippen molar-refractivity contribution < 1.29 is 0 Å². The highest BCUT2D eigenvalue weighted by Crippen LogP contribution is 2.65. The van der Waals surface area contributed by atoms with Crippen LogP contribution in [-0.2, 0) is 16.2 Å². The van der Waals surface area contributed by atoms with Gasteiger partial charge in [0.2, 0.25) is 0 Å². The maximum Gasteiger partial charge on any atom is 0.0556 e. The molecule has 0 aromatic heterocycles. The molecule has 6 aromatic carbocycles. The van der Waals surface area contributed by atoms with E-state index in [2.05, 4.69) is 187 Å². The zero-order valence-electron chi connectivity index (χ0n) is 28.6. The zero-order valence-corrected chi connectivity index (χ0v) is 28.6. The second-order valence-corrected chi connectivity index (χ2v) is 15.4. The fraction of sp³-hybridized carbons (Fsp3) is 0.217. The Morgan fingerprint density at radius 2 is 0.894 bits per heavy atom. The number of nitrogens with zero attached hydrogens (tertiary/aromatic N) is 1. The smallest absolute Gasteiger partial charge is 0.0556 e. The second-order valence-electron chi connectivity index (χ2n) is 15.4. The third-order valence-electron chi connectivity index (χ3n) is 10.7. The van der Waals surface area contributed by atoms with Crippen molar-refractivity contribution in [3.63, 3.8) is 0 Å². The molecular weight excluding hydrogens is 567 g/mol. The summed E-state index contributed by atoms with van der Waals surface area (Å²) >= 11 is 0. The maximum absolute atomic E-state index is 2.60. The van der Waals surface area contributed by atoms with Crippen LogP contribution < -0.4 is 4.90 Å². The number of fused-ring (bicyclic) bond motifs is 6. The highest BCUT2D eigenvalue weighted by molar-refractivity contribution is 6.04. The molecule has 1 heteroatoms. The average molecular weight is 610 g/mol. The minimum Gasteiger partial charge on any atom is -0.309 e. The average Bonchev–Trinajstić information content (AvgIpc) is 3.45. The van der Waals surface area contributed by atoms with Crippen molar-refractivity contribution in [1.82, 2.24) is 0 Å². The quantitative estimate of drug-likeness (QED) is 0.192. The summed E-state index contributed by atoms with van der Waals surface area (Å²) < 4.78 is 0. The summed E-state index contributed by atoms with van der Waals surface area (Å²) in [6.07, 6.45) is 0. The molecule has 1 nitrogen and oxygen atoms in total. The van der Waals surface area contributed by atoms with Crippen molar-refractivity contribution in [2.24, 2.45) is 0 Å². The Hall–Kier alpha value is -4.88. The number of para-hydroxylation sites is 2. The Labute approximate surface area is 280 Å². The SMILES string of the molecule is CC(C)(C)c1c2c(c(N(c3ccccc3)c3ccccc3-c3ccccc3)c3c1-c1ccccc1C3(C)C)C(C)(C)c1ccccc1-2. The van der Waals surface area contributed by atoms with E-state index in [1.165, 1.54) is 78.3 Å². The first-order valence-electron chi connectivity index (χ1n) is 17.0. The highest BCUT2D eigenvalue weighted by atomic mass is 15.2. The Balaban J connectivity index is 1.62. The van der Waals surface area contributed by atoms with Crippen LogP contribution in [0.2, 0.25) is 0 Å². The molecule has 0 atom stereocenters. The van der Waals surface area contributed by atoms with Crippen LogP contribution in [-0.4, -0.2) is 0 Å². The lowest BCUT2D eigenvalue weighted by Crippen LogP contribution is -2.28. The van der Waals surface area contributed by atoms with Crippen LogP contribution in [0.4, 0.5) is 17.1 Å². The van der Waals surface area contributed by atoms with E-state index in [1.807, 2.05) is 0 Å². The summed E-state index contributed by atoms with van der Waals surface area (Å²) in [5.41, 5.74) is 18.3. The number of hydrogen-bond acceptors (Lipinski definition) is 1. The van der Waals surface area contributed by atoms with Gasteiger partial charge in [-0.1, -0.05) is 164 Å². The lowest BCUT2D eigenvalue weighted by atomic mass is 9.70. The lowest BCUT2D eigenvalue weighted by molar-refractivity contribution is 0.587. The van der Waals surface area contributed by atoms with Crippen molar-refractivity contribution in [2.75, 3.05) is 4.90 Å². The van der Waals surface area contributed by atoms with Gasteiger partial charge in [0, 0.05) is 22.1 Å². The summed E-state index contributed by atoms with van der Waals surface area (Å²) in [5.74, 6) is 0. The van der Waals surface area contributed by atoms with Crippen LogP contribution >= 0.6 is 0 Å². The molecule has 0 spiro atoms. The zero-order chi connectivity index (χ0) is 32.7. The summed E-state index contributed by atoms with van der Waals surface area (Å²) in [5, 5.41) is 0. The first-order chi connectivity index (χ1) is 22.5. The Kier molecular flexibility index (Phi) is 6.48. The van der Waals surface area contributed by atoms with Crippen molar-refractivity contribution in [2.45, 2.75) is 64.7 Å². The number of hydrogen-bond donors (Lipinski definition) is 0. The number of anilines is 3. The number of rotatable bonds is 4. The molecule has 0 amide bonds. The molecule has 0 bridgehead atoms. The molecule has 0 N–H and O–H groups in total. The van der Waals surface area contributed by atoms with Gasteiger partial charge < -0.3 is 4.90 Å². The molecule has 2 aliphatic carbocycles. The van der Waals surface area contributed by atoms with E-state index >= 15 is 0 Å². The lowest BCUT2D eigenvalue weighted by Gasteiger charge is -2.40. The molecule has 0 aliphatic heterocycles. The van der Waals surface area contributed by atoms with Gasteiger partial charge in [-0.25, -0.2) is 0 Å². The normalized spacial score (nSPS) is 15.0. The molecule has 6 aromatic rings. The largest absolute Gasteiger partial charge is 0.309 e. The standard InChI is InChI=1S/C46H43N/c1-44(2,3)40-38-33-25-14-17-27-35(33)45(4,5)41(38)43(42-39(40)34-26-15-18-28-36(34)46(42,6)7)47(31-22-12-9-13-23-31)37-29-19-16-24-32(37)30-20-10-8-11-21-30/h8-29H,1-7H3. The Morgan fingerprint density at radius 3 is 1.40 bits per heavy atom. The van der Waals surface area contributed by atoms with Crippen LogP contribution in [0, 0.1) is 0 Å². The van der Waals surface area contributed by atoms with Crippen molar-refractivity contribution in [3.8, 4) is 33.4 Å². The second kappa shape index (κ2) is 10.3. The van der Waals surface area contributed by atoms with Crippen LogP contribution in [0.15, 0.2) is 133 Å². The van der Waals surface area contributed by atoms with Crippen molar-refractivity contribution in [1.29, 1.82) is 0 Å². The summed E-state index contributed by atoms with van der Waals surface area (Å²) in [6.45, 7) is 17.0. The molecule has 0 radical (unpaired) electrons. The first kappa shape index (κ1) is 29.5. The molecule has 0 fully saturated rings. The maximum atomic E-state index is 2.60. The fourth-order valence-electron chi connectivity index (χ4n) is 8.72. The van der Waals surface area contributed by atoms with Gasteiger partial charge in [0.05, 0.1) is 11.4 Å². The molecule has 232 valence electrons. The summed E-state index contributed by atoms with van der Waals surface area (Å²) in [4.78, 5) is 2.60. The van der Waals surface area contributed by atoms with E-state index in [9.17, 15) is 0 Å². The van der Waals surface area contributed by atoms with Crippen LogP contribution in [0.1, 0.15) is 76.3 Å². The molecule has 8 rings (SSSR count). The summed E-state index contributed by atoms with van der Waals surface area (Å²) in [6, 6.07) is 49.2. The van der Waals surface area contributed by atoms with E-state index in [0.29, 0.717) is 0 Å². The third-order valence-corrected chi connectivity index (χ3v) is 10.7. The topological polar surface area (TPSA) is 3.24 Å². The van der Waals surface area contributed by atoms with E-state index < -0.39 is 0 Å². The Bertz CT molecular complexity index is 2080.